The molecule has 1 aromatic carbocycles. The fourth-order valence-corrected chi connectivity index (χ4v) is 3.43. The molecule has 1 aromatic heterocycles. The molecule has 140 valence electrons. The number of halogens is 1. The highest BCUT2D eigenvalue weighted by Gasteiger charge is 2.18. The van der Waals surface area contributed by atoms with Crippen molar-refractivity contribution in [2.24, 2.45) is 5.10 Å². The first kappa shape index (κ1) is 20.3. The van der Waals surface area contributed by atoms with E-state index in [-0.39, 0.29) is 5.91 Å². The molecule has 1 N–H and O–H groups in total. The average molecular weight is 441 g/mol. The number of rotatable bonds is 9. The Hall–Kier alpha value is -2.06. The Balaban J connectivity index is 2.23. The Morgan fingerprint density at radius 1 is 1.12 bits per heavy atom. The van der Waals surface area contributed by atoms with E-state index < -0.39 is 0 Å². The van der Waals surface area contributed by atoms with E-state index in [4.69, 9.17) is 14.2 Å². The van der Waals surface area contributed by atoms with Crippen LogP contribution >= 0.6 is 27.3 Å². The van der Waals surface area contributed by atoms with Gasteiger partial charge in [-0.2, -0.15) is 5.10 Å². The van der Waals surface area contributed by atoms with Crippen LogP contribution in [0.25, 0.3) is 0 Å². The van der Waals surface area contributed by atoms with Gasteiger partial charge in [0.2, 0.25) is 5.75 Å². The minimum atomic E-state index is -0.359. The summed E-state index contributed by atoms with van der Waals surface area (Å²) in [5.41, 5.74) is 2.90. The molecule has 1 amide bonds. The summed E-state index contributed by atoms with van der Waals surface area (Å²) >= 11 is 4.90. The molecule has 0 spiro atoms. The van der Waals surface area contributed by atoms with Crippen molar-refractivity contribution in [3.05, 3.63) is 38.5 Å². The Labute approximate surface area is 165 Å². The zero-order valence-corrected chi connectivity index (χ0v) is 17.3. The van der Waals surface area contributed by atoms with Crippen molar-refractivity contribution >= 4 is 39.4 Å². The van der Waals surface area contributed by atoms with E-state index in [1.54, 1.807) is 18.3 Å². The van der Waals surface area contributed by atoms with Gasteiger partial charge in [-0.3, -0.25) is 4.79 Å². The van der Waals surface area contributed by atoms with Crippen LogP contribution in [0.1, 0.15) is 36.0 Å². The van der Waals surface area contributed by atoms with Crippen LogP contribution in [-0.4, -0.2) is 31.9 Å². The lowest BCUT2D eigenvalue weighted by Crippen LogP contribution is -2.18. The van der Waals surface area contributed by atoms with E-state index in [1.165, 1.54) is 11.3 Å². The summed E-state index contributed by atoms with van der Waals surface area (Å²) in [6.07, 6.45) is 1.59. The van der Waals surface area contributed by atoms with Crippen molar-refractivity contribution < 1.29 is 19.0 Å². The Morgan fingerprint density at radius 2 is 1.73 bits per heavy atom. The summed E-state index contributed by atoms with van der Waals surface area (Å²) in [4.78, 5) is 13.4. The third-order valence-corrected chi connectivity index (χ3v) is 4.68. The highest BCUT2D eigenvalue weighted by molar-refractivity contribution is 9.11. The van der Waals surface area contributed by atoms with Gasteiger partial charge in [0.25, 0.3) is 5.91 Å². The molecule has 0 aliphatic heterocycles. The number of hydrazone groups is 1. The van der Waals surface area contributed by atoms with E-state index in [1.807, 2.05) is 32.9 Å². The molecule has 0 aliphatic rings. The molecule has 2 rings (SSSR count). The van der Waals surface area contributed by atoms with Crippen LogP contribution in [0.4, 0.5) is 0 Å². The summed E-state index contributed by atoms with van der Waals surface area (Å²) in [5, 5.41) is 3.99. The van der Waals surface area contributed by atoms with Gasteiger partial charge >= 0.3 is 0 Å². The van der Waals surface area contributed by atoms with Crippen molar-refractivity contribution in [2.75, 3.05) is 19.8 Å². The van der Waals surface area contributed by atoms with Crippen LogP contribution in [0.5, 0.6) is 17.2 Å². The standard InChI is InChI=1S/C18H21BrN2O4S/c1-4-23-14-9-12(10-15(24-5-2)17(14)25-6-3)18(22)21-20-11-13-7-8-16(19)26-13/h7-11H,4-6H2,1-3H3,(H,21,22)/b20-11+. The van der Waals surface area contributed by atoms with Crippen molar-refractivity contribution in [3.63, 3.8) is 0 Å². The van der Waals surface area contributed by atoms with Crippen LogP contribution in [-0.2, 0) is 0 Å². The zero-order valence-electron chi connectivity index (χ0n) is 14.9. The molecule has 26 heavy (non-hydrogen) atoms. The minimum absolute atomic E-state index is 0.359. The highest BCUT2D eigenvalue weighted by Crippen LogP contribution is 2.39. The lowest BCUT2D eigenvalue weighted by atomic mass is 10.1. The van der Waals surface area contributed by atoms with Gasteiger partial charge in [0.15, 0.2) is 11.5 Å². The van der Waals surface area contributed by atoms with Crippen molar-refractivity contribution in [1.29, 1.82) is 0 Å². The van der Waals surface area contributed by atoms with Crippen molar-refractivity contribution in [1.82, 2.24) is 5.43 Å². The van der Waals surface area contributed by atoms with Gasteiger partial charge in [-0.25, -0.2) is 5.43 Å². The van der Waals surface area contributed by atoms with E-state index in [0.717, 1.165) is 8.66 Å². The summed E-state index contributed by atoms with van der Waals surface area (Å²) in [7, 11) is 0. The normalized spacial score (nSPS) is 10.8. The number of hydrogen-bond acceptors (Lipinski definition) is 6. The van der Waals surface area contributed by atoms with E-state index in [9.17, 15) is 4.79 Å². The molecule has 0 saturated carbocycles. The molecule has 0 unspecified atom stereocenters. The molecule has 8 heteroatoms. The summed E-state index contributed by atoms with van der Waals surface area (Å²) in [6, 6.07) is 7.08. The van der Waals surface area contributed by atoms with Crippen LogP contribution in [0.2, 0.25) is 0 Å². The number of thiophene rings is 1. The first-order valence-corrected chi connectivity index (χ1v) is 9.85. The lowest BCUT2D eigenvalue weighted by molar-refractivity contribution is 0.0954. The maximum absolute atomic E-state index is 12.4. The molecule has 0 bridgehead atoms. The van der Waals surface area contributed by atoms with Crippen molar-refractivity contribution in [2.45, 2.75) is 20.8 Å². The van der Waals surface area contributed by atoms with Gasteiger partial charge in [0.05, 0.1) is 29.8 Å². The number of nitrogens with zero attached hydrogens (tertiary/aromatic N) is 1. The third-order valence-electron chi connectivity index (χ3n) is 3.12. The predicted molar refractivity (Wildman–Crippen MR) is 107 cm³/mol. The maximum Gasteiger partial charge on any atom is 0.271 e. The molecule has 0 fully saturated rings. The number of nitrogens with one attached hydrogen (secondary N) is 1. The van der Waals surface area contributed by atoms with Gasteiger partial charge in [-0.15, -0.1) is 11.3 Å². The Morgan fingerprint density at radius 3 is 2.23 bits per heavy atom. The topological polar surface area (TPSA) is 69.2 Å². The molecule has 0 aliphatic carbocycles. The largest absolute Gasteiger partial charge is 0.490 e. The molecule has 0 atom stereocenters. The SMILES string of the molecule is CCOc1cc(C(=O)N/N=C/c2ccc(Br)s2)cc(OCC)c1OCC. The molecule has 6 nitrogen and oxygen atoms in total. The first-order valence-electron chi connectivity index (χ1n) is 8.24. The Bertz CT molecular complexity index is 749. The zero-order chi connectivity index (χ0) is 18.9. The molecule has 0 radical (unpaired) electrons. The van der Waals surface area contributed by atoms with E-state index in [2.05, 4.69) is 26.5 Å². The second-order valence-corrected chi connectivity index (χ2v) is 7.44. The number of ether oxygens (including phenoxy) is 3. The fourth-order valence-electron chi connectivity index (χ4n) is 2.14. The summed E-state index contributed by atoms with van der Waals surface area (Å²) in [6.45, 7) is 6.97. The average Bonchev–Trinajstić information content (AvgIpc) is 3.03. The van der Waals surface area contributed by atoms with E-state index in [0.29, 0.717) is 42.6 Å². The quantitative estimate of drug-likeness (QED) is 0.461. The van der Waals surface area contributed by atoms with Crippen LogP contribution in [0.3, 0.4) is 0 Å². The van der Waals surface area contributed by atoms with Gasteiger partial charge in [0, 0.05) is 10.4 Å². The van der Waals surface area contributed by atoms with Crippen molar-refractivity contribution in [3.8, 4) is 17.2 Å². The van der Waals surface area contributed by atoms with Gasteiger partial charge in [0.1, 0.15) is 0 Å². The number of benzene rings is 1. The number of carbonyl (C=O) groups is 1. The smallest absolute Gasteiger partial charge is 0.271 e. The molecular weight excluding hydrogens is 420 g/mol. The Kier molecular flexibility index (Phi) is 7.93. The molecular formula is C18H21BrN2O4S. The number of carbonyl (C=O) groups excluding carboxylic acids is 1. The molecule has 1 heterocycles. The molecule has 0 saturated heterocycles. The maximum atomic E-state index is 12.4. The monoisotopic (exact) mass is 440 g/mol. The highest BCUT2D eigenvalue weighted by atomic mass is 79.9. The fraction of sp³-hybridized carbons (Fsp3) is 0.333. The number of hydrogen-bond donors (Lipinski definition) is 1. The van der Waals surface area contributed by atoms with E-state index >= 15 is 0 Å². The second-order valence-electron chi connectivity index (χ2n) is 4.94. The van der Waals surface area contributed by atoms with Crippen LogP contribution in [0.15, 0.2) is 33.2 Å². The van der Waals surface area contributed by atoms with Crippen LogP contribution < -0.4 is 19.6 Å². The predicted octanol–water partition coefficient (Wildman–Crippen LogP) is 4.47. The van der Waals surface area contributed by atoms with Gasteiger partial charge in [-0.1, -0.05) is 0 Å². The van der Waals surface area contributed by atoms with Gasteiger partial charge in [-0.05, 0) is 61.0 Å². The summed E-state index contributed by atoms with van der Waals surface area (Å²) < 4.78 is 17.9. The van der Waals surface area contributed by atoms with Crippen LogP contribution in [0, 0.1) is 0 Å². The van der Waals surface area contributed by atoms with Gasteiger partial charge < -0.3 is 14.2 Å². The minimum Gasteiger partial charge on any atom is -0.490 e. The first-order chi connectivity index (χ1) is 12.6. The number of amides is 1. The second kappa shape index (κ2) is 10.2. The summed E-state index contributed by atoms with van der Waals surface area (Å²) in [5.74, 6) is 1.08. The molecule has 2 aromatic rings. The lowest BCUT2D eigenvalue weighted by Gasteiger charge is -2.16. The third kappa shape index (κ3) is 5.47.